The number of aliphatic hydroxyl groups excluding tert-OH is 2. The molecule has 0 aliphatic carbocycles. The Bertz CT molecular complexity index is 62.7. The fourth-order valence-corrected chi connectivity index (χ4v) is 0.541. The SMILES string of the molecule is [CH2]C(O)(CCO)CCO. The molecule has 0 atom stereocenters. The van der Waals surface area contributed by atoms with Crippen LogP contribution in [0.3, 0.4) is 0 Å². The van der Waals surface area contributed by atoms with Gasteiger partial charge in [0.05, 0.1) is 5.60 Å². The second-order valence-corrected chi connectivity index (χ2v) is 2.17. The fourth-order valence-electron chi connectivity index (χ4n) is 0.541. The highest BCUT2D eigenvalue weighted by Crippen LogP contribution is 2.11. The van der Waals surface area contributed by atoms with Crippen molar-refractivity contribution in [1.82, 2.24) is 0 Å². The molecular weight excluding hydrogens is 120 g/mol. The number of aliphatic hydroxyl groups is 3. The van der Waals surface area contributed by atoms with Crippen LogP contribution in [0.1, 0.15) is 12.8 Å². The molecule has 3 nitrogen and oxygen atoms in total. The van der Waals surface area contributed by atoms with E-state index in [4.69, 9.17) is 15.3 Å². The molecule has 0 rings (SSSR count). The minimum absolute atomic E-state index is 0.0972. The summed E-state index contributed by atoms with van der Waals surface area (Å²) in [6.07, 6.45) is 0.432. The molecule has 0 unspecified atom stereocenters. The van der Waals surface area contributed by atoms with Gasteiger partial charge in [-0.3, -0.25) is 0 Å². The lowest BCUT2D eigenvalue weighted by molar-refractivity contribution is 0.0346. The zero-order valence-corrected chi connectivity index (χ0v) is 5.38. The van der Waals surface area contributed by atoms with E-state index in [1.807, 2.05) is 0 Å². The predicted molar refractivity (Wildman–Crippen MR) is 33.7 cm³/mol. The highest BCUT2D eigenvalue weighted by Gasteiger charge is 2.17. The third kappa shape index (κ3) is 4.39. The van der Waals surface area contributed by atoms with E-state index in [9.17, 15) is 0 Å². The summed E-state index contributed by atoms with van der Waals surface area (Å²) in [5.41, 5.74) is -1.15. The Hall–Kier alpha value is -0.120. The van der Waals surface area contributed by atoms with Gasteiger partial charge < -0.3 is 15.3 Å². The lowest BCUT2D eigenvalue weighted by Gasteiger charge is -2.19. The monoisotopic (exact) mass is 133 g/mol. The van der Waals surface area contributed by atoms with Crippen molar-refractivity contribution < 1.29 is 15.3 Å². The summed E-state index contributed by atoms with van der Waals surface area (Å²) in [6, 6.07) is 0. The number of hydrogen-bond donors (Lipinski definition) is 3. The van der Waals surface area contributed by atoms with Crippen LogP contribution in [0.4, 0.5) is 0 Å². The molecule has 0 heterocycles. The zero-order valence-electron chi connectivity index (χ0n) is 5.38. The molecule has 0 aliphatic heterocycles. The van der Waals surface area contributed by atoms with Crippen LogP contribution in [0, 0.1) is 6.92 Å². The smallest absolute Gasteiger partial charge is 0.0692 e. The number of rotatable bonds is 4. The third-order valence-corrected chi connectivity index (χ3v) is 1.15. The molecule has 1 radical (unpaired) electrons. The van der Waals surface area contributed by atoms with Crippen LogP contribution >= 0.6 is 0 Å². The Labute approximate surface area is 54.9 Å². The lowest BCUT2D eigenvalue weighted by Crippen LogP contribution is -2.27. The van der Waals surface area contributed by atoms with Crippen molar-refractivity contribution in [3.8, 4) is 0 Å². The van der Waals surface area contributed by atoms with Crippen molar-refractivity contribution in [1.29, 1.82) is 0 Å². The summed E-state index contributed by atoms with van der Waals surface area (Å²) in [7, 11) is 0. The Morgan fingerprint density at radius 1 is 1.11 bits per heavy atom. The Morgan fingerprint density at radius 2 is 1.44 bits per heavy atom. The van der Waals surface area contributed by atoms with Gasteiger partial charge in [-0.15, -0.1) is 0 Å². The van der Waals surface area contributed by atoms with Crippen LogP contribution in [-0.4, -0.2) is 34.1 Å². The second-order valence-electron chi connectivity index (χ2n) is 2.17. The van der Waals surface area contributed by atoms with E-state index in [1.165, 1.54) is 0 Å². The van der Waals surface area contributed by atoms with Gasteiger partial charge in [-0.25, -0.2) is 0 Å². The van der Waals surface area contributed by atoms with E-state index in [1.54, 1.807) is 0 Å². The van der Waals surface area contributed by atoms with E-state index < -0.39 is 5.60 Å². The van der Waals surface area contributed by atoms with Gasteiger partial charge in [0.15, 0.2) is 0 Å². The van der Waals surface area contributed by atoms with Crippen LogP contribution in [-0.2, 0) is 0 Å². The highest BCUT2D eigenvalue weighted by atomic mass is 16.3. The summed E-state index contributed by atoms with van der Waals surface area (Å²) in [5.74, 6) is 0. The topological polar surface area (TPSA) is 60.7 Å². The molecule has 3 heteroatoms. The zero-order chi connectivity index (χ0) is 7.33. The van der Waals surface area contributed by atoms with Gasteiger partial charge in [0.25, 0.3) is 0 Å². The molecule has 0 aromatic carbocycles. The summed E-state index contributed by atoms with van der Waals surface area (Å²) in [6.45, 7) is 3.19. The molecule has 0 saturated carbocycles. The summed E-state index contributed by atoms with van der Waals surface area (Å²) >= 11 is 0. The average Bonchev–Trinajstić information content (AvgIpc) is 1.64. The molecule has 0 bridgehead atoms. The summed E-state index contributed by atoms with van der Waals surface area (Å²) in [5, 5.41) is 25.8. The van der Waals surface area contributed by atoms with Crippen LogP contribution in [0.2, 0.25) is 0 Å². The minimum atomic E-state index is -1.15. The quantitative estimate of drug-likeness (QED) is 0.476. The highest BCUT2D eigenvalue weighted by molar-refractivity contribution is 4.79. The second kappa shape index (κ2) is 3.82. The Balaban J connectivity index is 3.43. The van der Waals surface area contributed by atoms with Gasteiger partial charge >= 0.3 is 0 Å². The van der Waals surface area contributed by atoms with Crippen molar-refractivity contribution in [3.05, 3.63) is 6.92 Å². The molecule has 0 fully saturated rings. The molecule has 0 aromatic heterocycles. The van der Waals surface area contributed by atoms with Crippen molar-refractivity contribution in [2.24, 2.45) is 0 Å². The van der Waals surface area contributed by atoms with Crippen LogP contribution in [0.25, 0.3) is 0 Å². The minimum Gasteiger partial charge on any atom is -0.396 e. The summed E-state index contributed by atoms with van der Waals surface area (Å²) < 4.78 is 0. The first kappa shape index (κ1) is 8.88. The standard InChI is InChI=1S/C6H13O3/c1-6(9,2-4-7)3-5-8/h7-9H,1-5H2. The Morgan fingerprint density at radius 3 is 1.67 bits per heavy atom. The first-order chi connectivity index (χ1) is 4.12. The molecule has 0 aromatic rings. The first-order valence-corrected chi connectivity index (χ1v) is 2.92. The van der Waals surface area contributed by atoms with Crippen LogP contribution < -0.4 is 0 Å². The van der Waals surface area contributed by atoms with Gasteiger partial charge in [-0.05, 0) is 19.8 Å². The number of hydrogen-bond acceptors (Lipinski definition) is 3. The van der Waals surface area contributed by atoms with Gasteiger partial charge in [0.2, 0.25) is 0 Å². The molecular formula is C6H13O3. The van der Waals surface area contributed by atoms with Crippen molar-refractivity contribution >= 4 is 0 Å². The van der Waals surface area contributed by atoms with Crippen molar-refractivity contribution in [2.75, 3.05) is 13.2 Å². The molecule has 0 aliphatic rings. The van der Waals surface area contributed by atoms with E-state index in [2.05, 4.69) is 6.92 Å². The average molecular weight is 133 g/mol. The molecule has 9 heavy (non-hydrogen) atoms. The maximum absolute atomic E-state index is 9.08. The van der Waals surface area contributed by atoms with Gasteiger partial charge in [0, 0.05) is 13.2 Å². The van der Waals surface area contributed by atoms with E-state index in [-0.39, 0.29) is 26.1 Å². The molecule has 0 spiro atoms. The van der Waals surface area contributed by atoms with E-state index in [0.717, 1.165) is 0 Å². The first-order valence-electron chi connectivity index (χ1n) is 2.92. The van der Waals surface area contributed by atoms with Gasteiger partial charge in [-0.2, -0.15) is 0 Å². The van der Waals surface area contributed by atoms with E-state index in [0.29, 0.717) is 0 Å². The molecule has 55 valence electrons. The summed E-state index contributed by atoms with van der Waals surface area (Å²) in [4.78, 5) is 0. The largest absolute Gasteiger partial charge is 0.396 e. The van der Waals surface area contributed by atoms with Crippen LogP contribution in [0.5, 0.6) is 0 Å². The third-order valence-electron chi connectivity index (χ3n) is 1.15. The van der Waals surface area contributed by atoms with Gasteiger partial charge in [-0.1, -0.05) is 0 Å². The van der Waals surface area contributed by atoms with Crippen molar-refractivity contribution in [3.63, 3.8) is 0 Å². The predicted octanol–water partition coefficient (Wildman–Crippen LogP) is -0.684. The molecule has 3 N–H and O–H groups in total. The van der Waals surface area contributed by atoms with Crippen molar-refractivity contribution in [2.45, 2.75) is 18.4 Å². The molecule has 0 saturated heterocycles. The van der Waals surface area contributed by atoms with E-state index >= 15 is 0 Å². The Kier molecular flexibility index (Phi) is 3.77. The maximum atomic E-state index is 9.08. The lowest BCUT2D eigenvalue weighted by atomic mass is 10.00. The molecule has 0 amide bonds. The van der Waals surface area contributed by atoms with Crippen LogP contribution in [0.15, 0.2) is 0 Å². The normalized spacial score (nSPS) is 12.0. The van der Waals surface area contributed by atoms with Gasteiger partial charge in [0.1, 0.15) is 0 Å². The fraction of sp³-hybridized carbons (Fsp3) is 0.833. The maximum Gasteiger partial charge on any atom is 0.0692 e.